The molecule has 0 fully saturated rings. The zero-order valence-corrected chi connectivity index (χ0v) is 55.0. The molecule has 4 heteroatoms. The van der Waals surface area contributed by atoms with Gasteiger partial charge in [0.25, 0.3) is 0 Å². The predicted molar refractivity (Wildman–Crippen MR) is 428 cm³/mol. The third-order valence-corrected chi connectivity index (χ3v) is 19.2. The van der Waals surface area contributed by atoms with Crippen molar-refractivity contribution in [2.24, 2.45) is 0 Å². The molecular weight excluding hydrogens is 1210 g/mol. The Morgan fingerprint density at radius 2 is 0.270 bits per heavy atom. The van der Waals surface area contributed by atoms with Crippen molar-refractivity contribution in [1.82, 2.24) is 0 Å². The van der Waals surface area contributed by atoms with E-state index < -0.39 is 0 Å². The Hall–Kier alpha value is -13.3. The van der Waals surface area contributed by atoms with E-state index in [1.807, 2.05) is 0 Å². The van der Waals surface area contributed by atoms with Crippen LogP contribution in [-0.4, -0.2) is 0 Å². The summed E-state index contributed by atoms with van der Waals surface area (Å²) < 4.78 is 0. The SMILES string of the molecule is c1ccc(N(c2ccc(-c3ccc(N(c4ccccc4)c4cccc5ccccc45)cc3)cc2)c2cccc3ccccc23)cc1.c1ccc2c(N(c3ccc(-c4ccc(N(c5cccc6ccccc56)c5cccc6ccccc56)cc4)cc3)c3cccc4ccccc34)cccc2c1. The minimum Gasteiger partial charge on any atom is -0.310 e. The first-order valence-electron chi connectivity index (χ1n) is 34.2. The van der Waals surface area contributed by atoms with Crippen molar-refractivity contribution in [2.75, 3.05) is 19.6 Å². The average Bonchev–Trinajstić information content (AvgIpc) is 0.774. The highest BCUT2D eigenvalue weighted by molar-refractivity contribution is 6.07. The summed E-state index contributed by atoms with van der Waals surface area (Å²) in [6, 6.07) is 148. The summed E-state index contributed by atoms with van der Waals surface area (Å²) in [7, 11) is 0. The van der Waals surface area contributed by atoms with Crippen LogP contribution in [0.25, 0.3) is 86.9 Å². The Morgan fingerprint density at radius 3 is 0.490 bits per heavy atom. The molecule has 0 unspecified atom stereocenters. The van der Waals surface area contributed by atoms with Crippen LogP contribution in [0.3, 0.4) is 0 Å². The lowest BCUT2D eigenvalue weighted by Gasteiger charge is -2.28. The van der Waals surface area contributed by atoms with Crippen molar-refractivity contribution in [3.8, 4) is 22.3 Å². The van der Waals surface area contributed by atoms with Crippen molar-refractivity contribution >= 4 is 133 Å². The van der Waals surface area contributed by atoms with Gasteiger partial charge < -0.3 is 19.6 Å². The molecule has 0 saturated carbocycles. The maximum absolute atomic E-state index is 2.41. The highest BCUT2D eigenvalue weighted by atomic mass is 15.2. The monoisotopic (exact) mass is 1280 g/mol. The zero-order chi connectivity index (χ0) is 66.6. The van der Waals surface area contributed by atoms with Gasteiger partial charge in [0.15, 0.2) is 0 Å². The topological polar surface area (TPSA) is 13.0 Å². The standard InChI is InChI=1S/C52H36N2.C44H32N2/c1-5-21-45-39(13-1)17-9-25-49(45)53(50-26-10-18-40-14-2-6-22-46(40)50)43-33-29-37(30-34-43)38-31-35-44(36-32-38)54(51-27-11-19-41-15-3-7-23-47(41)51)52-28-12-20-42-16-4-8-24-48(42)52;1-3-17-37(18-4-1)45(43-23-11-15-35-13-7-9-21-41(35)43)39-29-25-33(26-30-39)34-27-31-40(32-28-34)46(38-19-5-2-6-20-38)44-24-12-16-36-14-8-10-22-42(36)44/h1-36H;1-32H. The first-order chi connectivity index (χ1) is 49.6. The van der Waals surface area contributed by atoms with Crippen LogP contribution >= 0.6 is 0 Å². The molecule has 0 N–H and O–H groups in total. The number of hydrogen-bond donors (Lipinski definition) is 0. The lowest BCUT2D eigenvalue weighted by atomic mass is 10.0. The minimum atomic E-state index is 1.11. The number of rotatable bonds is 14. The van der Waals surface area contributed by atoms with E-state index in [9.17, 15) is 0 Å². The Labute approximate surface area is 583 Å². The molecule has 0 aliphatic heterocycles. The Bertz CT molecular complexity index is 5360. The molecule has 0 saturated heterocycles. The summed E-state index contributed by atoms with van der Waals surface area (Å²) in [5.74, 6) is 0. The van der Waals surface area contributed by atoms with Gasteiger partial charge in [0.1, 0.15) is 0 Å². The molecule has 100 heavy (non-hydrogen) atoms. The van der Waals surface area contributed by atoms with E-state index in [1.165, 1.54) is 86.9 Å². The van der Waals surface area contributed by atoms with E-state index in [0.29, 0.717) is 0 Å². The number of para-hydroxylation sites is 2. The normalized spacial score (nSPS) is 11.2. The molecule has 0 bridgehead atoms. The number of anilines is 12. The lowest BCUT2D eigenvalue weighted by molar-refractivity contribution is 1.29. The first kappa shape index (κ1) is 60.4. The first-order valence-corrected chi connectivity index (χ1v) is 34.2. The molecule has 0 radical (unpaired) electrons. The van der Waals surface area contributed by atoms with Crippen molar-refractivity contribution in [3.63, 3.8) is 0 Å². The van der Waals surface area contributed by atoms with Crippen LogP contribution in [0.2, 0.25) is 0 Å². The van der Waals surface area contributed by atoms with Gasteiger partial charge in [-0.1, -0.05) is 303 Å². The predicted octanol–water partition coefficient (Wildman–Crippen LogP) is 27.5. The summed E-state index contributed by atoms with van der Waals surface area (Å²) in [5.41, 5.74) is 18.4. The van der Waals surface area contributed by atoms with Gasteiger partial charge in [-0.05, 0) is 164 Å². The summed E-state index contributed by atoms with van der Waals surface area (Å²) in [6.07, 6.45) is 0. The third kappa shape index (κ3) is 11.8. The van der Waals surface area contributed by atoms with E-state index in [1.54, 1.807) is 0 Å². The number of benzene rings is 18. The quantitative estimate of drug-likeness (QED) is 0.108. The number of hydrogen-bond acceptors (Lipinski definition) is 4. The van der Waals surface area contributed by atoms with E-state index >= 15 is 0 Å². The maximum Gasteiger partial charge on any atom is 0.0540 e. The second-order valence-electron chi connectivity index (χ2n) is 25.2. The van der Waals surface area contributed by atoms with Crippen LogP contribution in [0.4, 0.5) is 68.2 Å². The minimum absolute atomic E-state index is 1.11. The number of fused-ring (bicyclic) bond motifs is 6. The highest BCUT2D eigenvalue weighted by Gasteiger charge is 2.22. The molecule has 0 aromatic heterocycles. The zero-order valence-electron chi connectivity index (χ0n) is 55.0. The molecule has 18 aromatic rings. The summed E-state index contributed by atoms with van der Waals surface area (Å²) in [4.78, 5) is 9.50. The molecule has 0 spiro atoms. The van der Waals surface area contributed by atoms with E-state index in [0.717, 1.165) is 68.2 Å². The lowest BCUT2D eigenvalue weighted by Crippen LogP contribution is -2.11. The molecule has 0 heterocycles. The fraction of sp³-hybridized carbons (Fsp3) is 0. The average molecular weight is 1280 g/mol. The molecule has 18 aromatic carbocycles. The summed E-state index contributed by atoms with van der Waals surface area (Å²) in [5, 5.41) is 14.7. The molecule has 0 aliphatic carbocycles. The van der Waals surface area contributed by atoms with Gasteiger partial charge in [-0.25, -0.2) is 0 Å². The van der Waals surface area contributed by atoms with Crippen LogP contribution in [-0.2, 0) is 0 Å². The van der Waals surface area contributed by atoms with Crippen LogP contribution in [0.1, 0.15) is 0 Å². The molecule has 0 aliphatic rings. The number of nitrogens with zero attached hydrogens (tertiary/aromatic N) is 4. The molecule has 18 rings (SSSR count). The fourth-order valence-electron chi connectivity index (χ4n) is 14.5. The largest absolute Gasteiger partial charge is 0.310 e. The van der Waals surface area contributed by atoms with Gasteiger partial charge in [-0.15, -0.1) is 0 Å². The maximum atomic E-state index is 2.41. The van der Waals surface area contributed by atoms with Crippen LogP contribution in [0.15, 0.2) is 413 Å². The Balaban J connectivity index is 0.000000152. The summed E-state index contributed by atoms with van der Waals surface area (Å²) in [6.45, 7) is 0. The summed E-state index contributed by atoms with van der Waals surface area (Å²) >= 11 is 0. The smallest absolute Gasteiger partial charge is 0.0540 e. The highest BCUT2D eigenvalue weighted by Crippen LogP contribution is 2.47. The molecule has 472 valence electrons. The van der Waals surface area contributed by atoms with Gasteiger partial charge in [0.05, 0.1) is 34.1 Å². The van der Waals surface area contributed by atoms with Gasteiger partial charge in [0, 0.05) is 66.4 Å². The Morgan fingerprint density at radius 1 is 0.110 bits per heavy atom. The van der Waals surface area contributed by atoms with Gasteiger partial charge in [0.2, 0.25) is 0 Å². The second kappa shape index (κ2) is 27.1. The van der Waals surface area contributed by atoms with Crippen molar-refractivity contribution < 1.29 is 0 Å². The van der Waals surface area contributed by atoms with E-state index in [-0.39, 0.29) is 0 Å². The second-order valence-corrected chi connectivity index (χ2v) is 25.2. The fourth-order valence-corrected chi connectivity index (χ4v) is 14.5. The van der Waals surface area contributed by atoms with E-state index in [2.05, 4.69) is 432 Å². The van der Waals surface area contributed by atoms with Crippen molar-refractivity contribution in [2.45, 2.75) is 0 Å². The van der Waals surface area contributed by atoms with Crippen LogP contribution in [0, 0.1) is 0 Å². The molecule has 0 atom stereocenters. The molecular formula is C96H68N4. The third-order valence-electron chi connectivity index (χ3n) is 19.2. The van der Waals surface area contributed by atoms with Crippen molar-refractivity contribution in [1.29, 1.82) is 0 Å². The van der Waals surface area contributed by atoms with Gasteiger partial charge in [-0.3, -0.25) is 0 Å². The molecule has 4 nitrogen and oxygen atoms in total. The van der Waals surface area contributed by atoms with Gasteiger partial charge in [-0.2, -0.15) is 0 Å². The molecule has 0 amide bonds. The van der Waals surface area contributed by atoms with Crippen LogP contribution in [0.5, 0.6) is 0 Å². The van der Waals surface area contributed by atoms with Crippen LogP contribution < -0.4 is 19.6 Å². The van der Waals surface area contributed by atoms with Gasteiger partial charge >= 0.3 is 0 Å². The van der Waals surface area contributed by atoms with E-state index in [4.69, 9.17) is 0 Å². The van der Waals surface area contributed by atoms with Crippen molar-refractivity contribution in [3.05, 3.63) is 413 Å². The Kier molecular flexibility index (Phi) is 16.4.